The SMILES string of the molecule is CC(CBr)C(C)NC(=O)c1c(O)cccc1F. The topological polar surface area (TPSA) is 49.3 Å². The summed E-state index contributed by atoms with van der Waals surface area (Å²) in [6.07, 6.45) is 0. The Morgan fingerprint density at radius 1 is 1.53 bits per heavy atom. The first-order valence-electron chi connectivity index (χ1n) is 5.31. The van der Waals surface area contributed by atoms with Crippen molar-refractivity contribution in [1.82, 2.24) is 5.32 Å². The molecular weight excluding hydrogens is 289 g/mol. The van der Waals surface area contributed by atoms with Gasteiger partial charge in [0.1, 0.15) is 17.1 Å². The van der Waals surface area contributed by atoms with Crippen LogP contribution in [0.5, 0.6) is 5.75 Å². The number of carbonyl (C=O) groups is 1. The molecule has 1 aromatic carbocycles. The molecule has 0 radical (unpaired) electrons. The Kier molecular flexibility index (Phi) is 4.93. The average molecular weight is 304 g/mol. The molecule has 2 atom stereocenters. The summed E-state index contributed by atoms with van der Waals surface area (Å²) in [5.74, 6) is -1.45. The number of nitrogens with one attached hydrogen (secondary N) is 1. The summed E-state index contributed by atoms with van der Waals surface area (Å²) in [5, 5.41) is 12.9. The van der Waals surface area contributed by atoms with Crippen molar-refractivity contribution in [3.05, 3.63) is 29.6 Å². The third-order valence-corrected chi connectivity index (χ3v) is 3.70. The molecule has 3 nitrogen and oxygen atoms in total. The summed E-state index contributed by atoms with van der Waals surface area (Å²) in [6, 6.07) is 3.68. The summed E-state index contributed by atoms with van der Waals surface area (Å²) in [7, 11) is 0. The van der Waals surface area contributed by atoms with Crippen LogP contribution in [0.3, 0.4) is 0 Å². The summed E-state index contributed by atoms with van der Waals surface area (Å²) < 4.78 is 13.4. The lowest BCUT2D eigenvalue weighted by molar-refractivity contribution is 0.0924. The molecule has 94 valence electrons. The predicted molar refractivity (Wildman–Crippen MR) is 68.0 cm³/mol. The normalized spacial score (nSPS) is 14.1. The molecule has 5 heteroatoms. The second-order valence-electron chi connectivity index (χ2n) is 4.03. The van der Waals surface area contributed by atoms with Crippen molar-refractivity contribution in [3.63, 3.8) is 0 Å². The lowest BCUT2D eigenvalue weighted by atomic mass is 10.1. The standard InChI is InChI=1S/C12H15BrFNO2/c1-7(6-13)8(2)15-12(17)11-9(14)4-3-5-10(11)16/h3-5,7-8,16H,6H2,1-2H3,(H,15,17). The Balaban J connectivity index is 2.84. The van der Waals surface area contributed by atoms with E-state index < -0.39 is 11.7 Å². The highest BCUT2D eigenvalue weighted by Crippen LogP contribution is 2.20. The number of rotatable bonds is 4. The average Bonchev–Trinajstić information content (AvgIpc) is 2.27. The molecule has 0 saturated carbocycles. The quantitative estimate of drug-likeness (QED) is 0.840. The van der Waals surface area contributed by atoms with Gasteiger partial charge in [-0.3, -0.25) is 4.79 Å². The maximum Gasteiger partial charge on any atom is 0.258 e. The molecule has 2 N–H and O–H groups in total. The van der Waals surface area contributed by atoms with Crippen LogP contribution in [0.25, 0.3) is 0 Å². The van der Waals surface area contributed by atoms with Crippen LogP contribution in [0.2, 0.25) is 0 Å². The first-order valence-corrected chi connectivity index (χ1v) is 6.43. The maximum absolute atomic E-state index is 13.4. The summed E-state index contributed by atoms with van der Waals surface area (Å²) in [6.45, 7) is 3.79. The fourth-order valence-corrected chi connectivity index (χ4v) is 1.85. The monoisotopic (exact) mass is 303 g/mol. The van der Waals surface area contributed by atoms with E-state index in [1.807, 2.05) is 13.8 Å². The molecule has 0 aliphatic rings. The van der Waals surface area contributed by atoms with Gasteiger partial charge in [-0.2, -0.15) is 0 Å². The van der Waals surface area contributed by atoms with E-state index in [1.165, 1.54) is 12.1 Å². The van der Waals surface area contributed by atoms with Crippen LogP contribution >= 0.6 is 15.9 Å². The minimum Gasteiger partial charge on any atom is -0.507 e. The van der Waals surface area contributed by atoms with E-state index >= 15 is 0 Å². The van der Waals surface area contributed by atoms with Crippen LogP contribution in [0.15, 0.2) is 18.2 Å². The van der Waals surface area contributed by atoms with E-state index in [1.54, 1.807) is 0 Å². The van der Waals surface area contributed by atoms with Gasteiger partial charge in [-0.05, 0) is 25.0 Å². The van der Waals surface area contributed by atoms with Crippen molar-refractivity contribution in [2.45, 2.75) is 19.9 Å². The molecule has 0 saturated heterocycles. The molecule has 0 heterocycles. The molecule has 0 spiro atoms. The molecule has 0 aliphatic heterocycles. The van der Waals surface area contributed by atoms with Crippen molar-refractivity contribution >= 4 is 21.8 Å². The third kappa shape index (κ3) is 3.43. The Labute approximate surface area is 108 Å². The molecule has 0 aliphatic carbocycles. The molecular formula is C12H15BrFNO2. The van der Waals surface area contributed by atoms with Crippen LogP contribution in [0.4, 0.5) is 4.39 Å². The molecule has 0 aromatic heterocycles. The fourth-order valence-electron chi connectivity index (χ4n) is 1.29. The number of hydrogen-bond donors (Lipinski definition) is 2. The smallest absolute Gasteiger partial charge is 0.258 e. The lowest BCUT2D eigenvalue weighted by Gasteiger charge is -2.19. The second kappa shape index (κ2) is 6.00. The number of aromatic hydroxyl groups is 1. The summed E-state index contributed by atoms with van der Waals surface area (Å²) in [5.41, 5.74) is -0.305. The molecule has 1 aromatic rings. The molecule has 1 rings (SSSR count). The Morgan fingerprint density at radius 2 is 2.18 bits per heavy atom. The van der Waals surface area contributed by atoms with E-state index in [0.717, 1.165) is 11.4 Å². The van der Waals surface area contributed by atoms with Gasteiger partial charge in [0.15, 0.2) is 0 Å². The predicted octanol–water partition coefficient (Wildman–Crippen LogP) is 2.68. The van der Waals surface area contributed by atoms with Gasteiger partial charge < -0.3 is 10.4 Å². The first kappa shape index (κ1) is 14.0. The van der Waals surface area contributed by atoms with Crippen molar-refractivity contribution in [1.29, 1.82) is 0 Å². The summed E-state index contributed by atoms with van der Waals surface area (Å²) in [4.78, 5) is 11.8. The van der Waals surface area contributed by atoms with Gasteiger partial charge in [-0.15, -0.1) is 0 Å². The Bertz CT molecular complexity index is 391. The zero-order chi connectivity index (χ0) is 13.0. The highest BCUT2D eigenvalue weighted by molar-refractivity contribution is 9.09. The Hall–Kier alpha value is -1.10. The Morgan fingerprint density at radius 3 is 2.71 bits per heavy atom. The molecule has 0 fully saturated rings. The van der Waals surface area contributed by atoms with Gasteiger partial charge in [0, 0.05) is 11.4 Å². The van der Waals surface area contributed by atoms with Crippen LogP contribution in [-0.4, -0.2) is 22.4 Å². The second-order valence-corrected chi connectivity index (χ2v) is 4.68. The maximum atomic E-state index is 13.4. The number of alkyl halides is 1. The van der Waals surface area contributed by atoms with Gasteiger partial charge in [0.2, 0.25) is 0 Å². The highest BCUT2D eigenvalue weighted by atomic mass is 79.9. The zero-order valence-corrected chi connectivity index (χ0v) is 11.3. The zero-order valence-electron chi connectivity index (χ0n) is 9.71. The number of benzene rings is 1. The third-order valence-electron chi connectivity index (χ3n) is 2.67. The van der Waals surface area contributed by atoms with Crippen molar-refractivity contribution < 1.29 is 14.3 Å². The van der Waals surface area contributed by atoms with Gasteiger partial charge in [0.25, 0.3) is 5.91 Å². The first-order chi connectivity index (χ1) is 7.97. The van der Waals surface area contributed by atoms with Gasteiger partial charge in [-0.25, -0.2) is 4.39 Å². The summed E-state index contributed by atoms with van der Waals surface area (Å²) >= 11 is 3.32. The van der Waals surface area contributed by atoms with E-state index in [2.05, 4.69) is 21.2 Å². The van der Waals surface area contributed by atoms with Gasteiger partial charge >= 0.3 is 0 Å². The number of phenolic OH excluding ortho intramolecular Hbond substituents is 1. The van der Waals surface area contributed by atoms with E-state index in [-0.39, 0.29) is 23.3 Å². The van der Waals surface area contributed by atoms with Crippen LogP contribution < -0.4 is 5.32 Å². The minimum absolute atomic E-state index is 0.110. The van der Waals surface area contributed by atoms with Crippen LogP contribution in [-0.2, 0) is 0 Å². The largest absolute Gasteiger partial charge is 0.507 e. The highest BCUT2D eigenvalue weighted by Gasteiger charge is 2.20. The van der Waals surface area contributed by atoms with Gasteiger partial charge in [-0.1, -0.05) is 28.9 Å². The number of amides is 1. The van der Waals surface area contributed by atoms with Crippen molar-refractivity contribution in [2.75, 3.05) is 5.33 Å². The molecule has 2 unspecified atom stereocenters. The van der Waals surface area contributed by atoms with Crippen LogP contribution in [0.1, 0.15) is 24.2 Å². The molecule has 0 bridgehead atoms. The number of halogens is 2. The van der Waals surface area contributed by atoms with Crippen LogP contribution in [0, 0.1) is 11.7 Å². The fraction of sp³-hybridized carbons (Fsp3) is 0.417. The van der Waals surface area contributed by atoms with E-state index in [9.17, 15) is 14.3 Å². The van der Waals surface area contributed by atoms with E-state index in [4.69, 9.17) is 0 Å². The molecule has 1 amide bonds. The van der Waals surface area contributed by atoms with Gasteiger partial charge in [0.05, 0.1) is 0 Å². The van der Waals surface area contributed by atoms with E-state index in [0.29, 0.717) is 0 Å². The van der Waals surface area contributed by atoms with Crippen molar-refractivity contribution in [3.8, 4) is 5.75 Å². The van der Waals surface area contributed by atoms with Crippen molar-refractivity contribution in [2.24, 2.45) is 5.92 Å². The number of carbonyl (C=O) groups excluding carboxylic acids is 1. The molecule has 17 heavy (non-hydrogen) atoms. The number of hydrogen-bond acceptors (Lipinski definition) is 2. The minimum atomic E-state index is -0.721. The number of phenols is 1. The lowest BCUT2D eigenvalue weighted by Crippen LogP contribution is -2.38.